The van der Waals surface area contributed by atoms with Crippen LogP contribution in [0.3, 0.4) is 0 Å². The normalized spacial score (nSPS) is 10.5. The van der Waals surface area contributed by atoms with Crippen LogP contribution in [0.2, 0.25) is 0 Å². The molecule has 0 saturated carbocycles. The molecule has 1 aromatic carbocycles. The molecular formula is C17H19N7O3. The number of benzene rings is 1. The minimum absolute atomic E-state index is 0.327. The fraction of sp³-hybridized carbons (Fsp3) is 0.235. The van der Waals surface area contributed by atoms with Gasteiger partial charge in [-0.15, -0.1) is 0 Å². The highest BCUT2D eigenvalue weighted by Gasteiger charge is 2.04. The standard InChI is InChI=1S/C17H19N7O3/c25-15(18-7-2-6-14-21-16(26)23-22-14)20-13-5-1-4-12(10-13)11-24-9-3-8-19-17(24)27/h1,3-5,8-10H,2,6-7,11H2,(H2,18,20,25)(H2,21,22,23,26). The van der Waals surface area contributed by atoms with E-state index in [9.17, 15) is 14.4 Å². The summed E-state index contributed by atoms with van der Waals surface area (Å²) in [6, 6.07) is 8.60. The number of aromatic amines is 2. The smallest absolute Gasteiger partial charge is 0.338 e. The Labute approximate surface area is 153 Å². The van der Waals surface area contributed by atoms with E-state index in [0.717, 1.165) is 5.56 Å². The van der Waals surface area contributed by atoms with E-state index >= 15 is 0 Å². The molecule has 140 valence electrons. The number of hydrogen-bond donors (Lipinski definition) is 4. The molecule has 0 bridgehead atoms. The Morgan fingerprint density at radius 3 is 2.89 bits per heavy atom. The van der Waals surface area contributed by atoms with E-state index in [1.165, 1.54) is 10.8 Å². The van der Waals surface area contributed by atoms with E-state index in [2.05, 4.69) is 30.8 Å². The van der Waals surface area contributed by atoms with Crippen molar-refractivity contribution in [2.24, 2.45) is 0 Å². The van der Waals surface area contributed by atoms with Crippen LogP contribution >= 0.6 is 0 Å². The van der Waals surface area contributed by atoms with Crippen molar-refractivity contribution in [1.29, 1.82) is 0 Å². The third-order valence-corrected chi connectivity index (χ3v) is 3.75. The Hall–Kier alpha value is -3.69. The number of amides is 2. The van der Waals surface area contributed by atoms with Crippen molar-refractivity contribution in [3.05, 3.63) is 75.1 Å². The van der Waals surface area contributed by atoms with Crippen molar-refractivity contribution in [2.45, 2.75) is 19.4 Å². The molecule has 0 saturated heterocycles. The molecule has 2 heterocycles. The highest BCUT2D eigenvalue weighted by atomic mass is 16.2. The van der Waals surface area contributed by atoms with Crippen molar-refractivity contribution in [3.8, 4) is 0 Å². The van der Waals surface area contributed by atoms with Gasteiger partial charge in [-0.1, -0.05) is 12.1 Å². The van der Waals surface area contributed by atoms with Crippen molar-refractivity contribution < 1.29 is 4.79 Å². The van der Waals surface area contributed by atoms with Crippen LogP contribution in [0.4, 0.5) is 10.5 Å². The second-order valence-corrected chi connectivity index (χ2v) is 5.84. The van der Waals surface area contributed by atoms with Crippen LogP contribution in [-0.4, -0.2) is 37.3 Å². The monoisotopic (exact) mass is 369 g/mol. The topological polar surface area (TPSA) is 138 Å². The second-order valence-electron chi connectivity index (χ2n) is 5.84. The predicted molar refractivity (Wildman–Crippen MR) is 98.6 cm³/mol. The van der Waals surface area contributed by atoms with Gasteiger partial charge in [0.15, 0.2) is 0 Å². The van der Waals surface area contributed by atoms with Gasteiger partial charge in [0.05, 0.1) is 6.54 Å². The van der Waals surface area contributed by atoms with Gasteiger partial charge in [-0.2, -0.15) is 5.10 Å². The Morgan fingerprint density at radius 2 is 2.11 bits per heavy atom. The molecule has 3 rings (SSSR count). The first-order valence-electron chi connectivity index (χ1n) is 8.39. The number of nitrogens with zero attached hydrogens (tertiary/aromatic N) is 3. The molecule has 0 unspecified atom stereocenters. The SMILES string of the molecule is O=C(NCCCc1n[nH]c(=O)[nH]1)Nc1cccc(Cn2cccnc2=O)c1. The molecule has 0 spiro atoms. The summed E-state index contributed by atoms with van der Waals surface area (Å²) in [4.78, 5) is 40.9. The highest BCUT2D eigenvalue weighted by molar-refractivity contribution is 5.89. The summed E-state index contributed by atoms with van der Waals surface area (Å²) in [7, 11) is 0. The molecule has 0 fully saturated rings. The predicted octanol–water partition coefficient (Wildman–Crippen LogP) is 0.457. The van der Waals surface area contributed by atoms with Gasteiger partial charge in [0, 0.05) is 31.0 Å². The van der Waals surface area contributed by atoms with Crippen molar-refractivity contribution >= 4 is 11.7 Å². The average Bonchev–Trinajstić information content (AvgIpc) is 3.06. The van der Waals surface area contributed by atoms with Crippen LogP contribution in [-0.2, 0) is 13.0 Å². The number of hydrogen-bond acceptors (Lipinski definition) is 5. The van der Waals surface area contributed by atoms with E-state index in [-0.39, 0.29) is 17.4 Å². The molecule has 2 amide bonds. The van der Waals surface area contributed by atoms with Gasteiger partial charge < -0.3 is 10.6 Å². The molecule has 0 aliphatic rings. The summed E-state index contributed by atoms with van der Waals surface area (Å²) in [5.74, 6) is 0.556. The van der Waals surface area contributed by atoms with Crippen LogP contribution in [0.1, 0.15) is 17.8 Å². The lowest BCUT2D eigenvalue weighted by atomic mass is 10.2. The first-order chi connectivity index (χ1) is 13.1. The maximum Gasteiger partial charge on any atom is 0.347 e. The van der Waals surface area contributed by atoms with Gasteiger partial charge in [0.2, 0.25) is 0 Å². The summed E-state index contributed by atoms with van der Waals surface area (Å²) in [5.41, 5.74) is 0.819. The number of anilines is 1. The average molecular weight is 369 g/mol. The third-order valence-electron chi connectivity index (χ3n) is 3.75. The van der Waals surface area contributed by atoms with E-state index in [4.69, 9.17) is 0 Å². The van der Waals surface area contributed by atoms with Crippen LogP contribution in [0, 0.1) is 0 Å². The lowest BCUT2D eigenvalue weighted by Crippen LogP contribution is -2.29. The summed E-state index contributed by atoms with van der Waals surface area (Å²) in [5, 5.41) is 11.6. The zero-order valence-electron chi connectivity index (χ0n) is 14.4. The summed E-state index contributed by atoms with van der Waals surface area (Å²) in [6.07, 6.45) is 4.30. The maximum absolute atomic E-state index is 12.0. The van der Waals surface area contributed by atoms with Crippen LogP contribution in [0.15, 0.2) is 52.3 Å². The fourth-order valence-corrected chi connectivity index (χ4v) is 2.51. The number of rotatable bonds is 7. The van der Waals surface area contributed by atoms with Crippen LogP contribution in [0.25, 0.3) is 0 Å². The fourth-order valence-electron chi connectivity index (χ4n) is 2.51. The van der Waals surface area contributed by atoms with Crippen molar-refractivity contribution in [3.63, 3.8) is 0 Å². The molecular weight excluding hydrogens is 350 g/mol. The van der Waals surface area contributed by atoms with E-state index in [1.807, 2.05) is 6.07 Å². The number of H-pyrrole nitrogens is 2. The molecule has 27 heavy (non-hydrogen) atoms. The molecule has 3 aromatic rings. The van der Waals surface area contributed by atoms with Gasteiger partial charge in [0.25, 0.3) is 0 Å². The van der Waals surface area contributed by atoms with Gasteiger partial charge in [-0.3, -0.25) is 9.55 Å². The van der Waals surface area contributed by atoms with Crippen molar-refractivity contribution in [1.82, 2.24) is 30.0 Å². The second kappa shape index (κ2) is 8.61. The minimum Gasteiger partial charge on any atom is -0.338 e. The quantitative estimate of drug-likeness (QED) is 0.448. The Morgan fingerprint density at radius 1 is 1.22 bits per heavy atom. The van der Waals surface area contributed by atoms with Gasteiger partial charge >= 0.3 is 17.4 Å². The Kier molecular flexibility index (Phi) is 5.77. The van der Waals surface area contributed by atoms with Gasteiger partial charge in [-0.05, 0) is 30.2 Å². The molecule has 4 N–H and O–H groups in total. The van der Waals surface area contributed by atoms with E-state index < -0.39 is 0 Å². The third kappa shape index (κ3) is 5.39. The van der Waals surface area contributed by atoms with E-state index in [0.29, 0.717) is 37.4 Å². The summed E-state index contributed by atoms with van der Waals surface area (Å²) < 4.78 is 1.48. The number of aryl methyl sites for hydroxylation is 1. The summed E-state index contributed by atoms with van der Waals surface area (Å²) >= 11 is 0. The maximum atomic E-state index is 12.0. The van der Waals surface area contributed by atoms with Gasteiger partial charge in [-0.25, -0.2) is 24.5 Å². The van der Waals surface area contributed by atoms with Gasteiger partial charge in [0.1, 0.15) is 5.82 Å². The molecule has 10 nitrogen and oxygen atoms in total. The molecule has 0 aliphatic heterocycles. The molecule has 0 aliphatic carbocycles. The number of carbonyl (C=O) groups excluding carboxylic acids is 1. The zero-order valence-corrected chi connectivity index (χ0v) is 14.4. The summed E-state index contributed by atoms with van der Waals surface area (Å²) in [6.45, 7) is 0.803. The molecule has 2 aromatic heterocycles. The van der Waals surface area contributed by atoms with Crippen LogP contribution < -0.4 is 22.0 Å². The first kappa shape index (κ1) is 18.1. The van der Waals surface area contributed by atoms with Crippen LogP contribution in [0.5, 0.6) is 0 Å². The number of nitrogens with one attached hydrogen (secondary N) is 4. The molecule has 0 atom stereocenters. The largest absolute Gasteiger partial charge is 0.347 e. The zero-order chi connectivity index (χ0) is 19.1. The number of carbonyl (C=O) groups is 1. The molecule has 10 heteroatoms. The lowest BCUT2D eigenvalue weighted by Gasteiger charge is -2.09. The minimum atomic E-state index is -0.343. The Bertz CT molecular complexity index is 1020. The van der Waals surface area contributed by atoms with Crippen molar-refractivity contribution in [2.75, 3.05) is 11.9 Å². The lowest BCUT2D eigenvalue weighted by molar-refractivity contribution is 0.252. The number of urea groups is 1. The first-order valence-corrected chi connectivity index (χ1v) is 8.39. The van der Waals surface area contributed by atoms with E-state index in [1.54, 1.807) is 30.5 Å². The number of aromatic nitrogens is 5. The Balaban J connectivity index is 1.48. The highest BCUT2D eigenvalue weighted by Crippen LogP contribution is 2.11. The molecule has 0 radical (unpaired) electrons.